The minimum absolute atomic E-state index is 1.21. The molecule has 0 saturated heterocycles. The maximum absolute atomic E-state index is 2.51. The molecule has 0 aliphatic rings. The quantitative estimate of drug-likeness (QED) is 0.448. The molecule has 1 aromatic carbocycles. The van der Waals surface area contributed by atoms with Gasteiger partial charge in [0.15, 0.2) is 0 Å². The summed E-state index contributed by atoms with van der Waals surface area (Å²) in [5, 5.41) is 0. The van der Waals surface area contributed by atoms with E-state index in [1.807, 2.05) is 11.8 Å². The fraction of sp³-hybridized carbons (Fsp3) is 0.429. The molecule has 0 aromatic heterocycles. The summed E-state index contributed by atoms with van der Waals surface area (Å²) in [6.45, 7) is 4.50. The first-order valence-electron chi connectivity index (χ1n) is 5.88. The zero-order valence-corrected chi connectivity index (χ0v) is 13.0. The van der Waals surface area contributed by atoms with Crippen LogP contribution in [0.4, 0.5) is 0 Å². The Morgan fingerprint density at radius 3 is 2.25 bits per heavy atom. The molecule has 0 atom stereocenters. The highest BCUT2D eigenvalue weighted by Crippen LogP contribution is 2.35. The van der Waals surface area contributed by atoms with E-state index in [-0.39, 0.29) is 0 Å². The van der Waals surface area contributed by atoms with Crippen LogP contribution in [0.5, 0.6) is 0 Å². The normalized spacial score (nSPS) is 12.4. The van der Waals surface area contributed by atoms with Gasteiger partial charge in [0.1, 0.15) is 0 Å². The van der Waals surface area contributed by atoms with E-state index in [1.165, 1.54) is 34.2 Å². The molecule has 1 aromatic rings. The van der Waals surface area contributed by atoms with Crippen molar-refractivity contribution in [2.45, 2.75) is 44.4 Å². The predicted octanol–water partition coefficient (Wildman–Crippen LogP) is 6.03. The molecule has 0 amide bonds. The number of allylic oxidation sites excluding steroid dienone is 2. The second-order valence-electron chi connectivity index (χ2n) is 3.74. The van der Waals surface area contributed by atoms with Crippen LogP contribution >= 0.6 is 34.4 Å². The summed E-state index contributed by atoms with van der Waals surface area (Å²) >= 11 is 4.45. The number of thioether (sulfide) groups is 1. The van der Waals surface area contributed by atoms with Crippen LogP contribution in [0, 0.1) is 0 Å². The highest BCUT2D eigenvalue weighted by Gasteiger charge is 2.05. The lowest BCUT2D eigenvalue weighted by Crippen LogP contribution is -1.83. The fourth-order valence-corrected chi connectivity index (χ4v) is 3.69. The Kier molecular flexibility index (Phi) is 7.21. The Morgan fingerprint density at radius 2 is 1.69 bits per heavy atom. The van der Waals surface area contributed by atoms with Crippen LogP contribution in [0.1, 0.15) is 39.5 Å². The molecule has 88 valence electrons. The standard InChI is InChI=1S/C14H19IS/c1-3-8-13(15)14(9-4-2)16-12-10-6-5-7-11-12/h5-7,10-11H,3-4,8-9H2,1-2H3/b14-13+. The van der Waals surface area contributed by atoms with Crippen LogP contribution in [0.25, 0.3) is 0 Å². The van der Waals surface area contributed by atoms with Crippen LogP contribution in [0.15, 0.2) is 43.7 Å². The average molecular weight is 346 g/mol. The number of hydrogen-bond donors (Lipinski definition) is 0. The van der Waals surface area contributed by atoms with Gasteiger partial charge in [-0.25, -0.2) is 0 Å². The first-order chi connectivity index (χ1) is 7.77. The van der Waals surface area contributed by atoms with Gasteiger partial charge in [-0.05, 0) is 52.5 Å². The number of rotatable bonds is 6. The van der Waals surface area contributed by atoms with Crippen molar-refractivity contribution in [2.24, 2.45) is 0 Å². The summed E-state index contributed by atoms with van der Waals surface area (Å²) < 4.78 is 1.54. The molecule has 0 N–H and O–H groups in total. The Labute approximate surface area is 117 Å². The third-order valence-electron chi connectivity index (χ3n) is 2.23. The molecule has 0 unspecified atom stereocenters. The monoisotopic (exact) mass is 346 g/mol. The van der Waals surface area contributed by atoms with Gasteiger partial charge in [0, 0.05) is 8.48 Å². The van der Waals surface area contributed by atoms with E-state index in [0.29, 0.717) is 0 Å². The number of benzene rings is 1. The Hall–Kier alpha value is 0.0400. The molecule has 0 fully saturated rings. The van der Waals surface area contributed by atoms with Crippen molar-refractivity contribution >= 4 is 34.4 Å². The molecule has 0 heterocycles. The molecule has 0 aliphatic heterocycles. The summed E-state index contributed by atoms with van der Waals surface area (Å²) in [6, 6.07) is 10.7. The van der Waals surface area contributed by atoms with E-state index in [1.54, 1.807) is 4.91 Å². The molecular weight excluding hydrogens is 327 g/mol. The van der Waals surface area contributed by atoms with Crippen molar-refractivity contribution in [3.05, 3.63) is 38.8 Å². The second kappa shape index (κ2) is 8.18. The Balaban J connectivity index is 2.75. The summed E-state index contributed by atoms with van der Waals surface area (Å²) in [7, 11) is 0. The third kappa shape index (κ3) is 4.91. The van der Waals surface area contributed by atoms with E-state index in [9.17, 15) is 0 Å². The summed E-state index contributed by atoms with van der Waals surface area (Å²) in [5.74, 6) is 0. The van der Waals surface area contributed by atoms with E-state index in [2.05, 4.69) is 66.8 Å². The molecular formula is C14H19IS. The van der Waals surface area contributed by atoms with Crippen molar-refractivity contribution in [1.82, 2.24) is 0 Å². The van der Waals surface area contributed by atoms with Crippen LogP contribution in [-0.4, -0.2) is 0 Å². The van der Waals surface area contributed by atoms with Crippen molar-refractivity contribution in [2.75, 3.05) is 0 Å². The van der Waals surface area contributed by atoms with Crippen LogP contribution in [0.2, 0.25) is 0 Å². The lowest BCUT2D eigenvalue weighted by atomic mass is 10.2. The van der Waals surface area contributed by atoms with Crippen molar-refractivity contribution in [1.29, 1.82) is 0 Å². The lowest BCUT2D eigenvalue weighted by Gasteiger charge is -2.09. The van der Waals surface area contributed by atoms with Gasteiger partial charge < -0.3 is 0 Å². The molecule has 0 saturated carbocycles. The first kappa shape index (κ1) is 14.1. The summed E-state index contributed by atoms with van der Waals surface area (Å²) in [5.41, 5.74) is 0. The van der Waals surface area contributed by atoms with Crippen LogP contribution in [-0.2, 0) is 0 Å². The first-order valence-corrected chi connectivity index (χ1v) is 7.77. The lowest BCUT2D eigenvalue weighted by molar-refractivity contribution is 0.908. The van der Waals surface area contributed by atoms with Crippen molar-refractivity contribution in [3.63, 3.8) is 0 Å². The molecule has 0 spiro atoms. The topological polar surface area (TPSA) is 0 Å². The summed E-state index contributed by atoms with van der Waals surface area (Å²) in [4.78, 5) is 2.91. The van der Waals surface area contributed by atoms with Gasteiger partial charge in [-0.2, -0.15) is 0 Å². The van der Waals surface area contributed by atoms with Gasteiger partial charge in [-0.3, -0.25) is 0 Å². The van der Waals surface area contributed by atoms with Gasteiger partial charge in [0.05, 0.1) is 0 Å². The molecule has 16 heavy (non-hydrogen) atoms. The Morgan fingerprint density at radius 1 is 1.06 bits per heavy atom. The van der Waals surface area contributed by atoms with Gasteiger partial charge in [0.25, 0.3) is 0 Å². The SMILES string of the molecule is CCC/C(I)=C(/CCC)Sc1ccccc1. The van der Waals surface area contributed by atoms with Gasteiger partial charge >= 0.3 is 0 Å². The van der Waals surface area contributed by atoms with Gasteiger partial charge in [-0.1, -0.05) is 56.7 Å². The molecule has 0 bridgehead atoms. The van der Waals surface area contributed by atoms with Gasteiger partial charge in [0.2, 0.25) is 0 Å². The minimum Gasteiger partial charge on any atom is -0.0938 e. The van der Waals surface area contributed by atoms with E-state index < -0.39 is 0 Å². The zero-order valence-electron chi connectivity index (χ0n) is 10.0. The van der Waals surface area contributed by atoms with E-state index in [0.717, 1.165) is 0 Å². The highest BCUT2D eigenvalue weighted by molar-refractivity contribution is 14.1. The van der Waals surface area contributed by atoms with Crippen molar-refractivity contribution in [3.8, 4) is 0 Å². The van der Waals surface area contributed by atoms with E-state index >= 15 is 0 Å². The maximum atomic E-state index is 2.51. The highest BCUT2D eigenvalue weighted by atomic mass is 127. The van der Waals surface area contributed by atoms with Crippen LogP contribution < -0.4 is 0 Å². The molecule has 0 nitrogen and oxygen atoms in total. The summed E-state index contributed by atoms with van der Waals surface area (Å²) in [6.07, 6.45) is 4.89. The fourth-order valence-electron chi connectivity index (χ4n) is 1.46. The maximum Gasteiger partial charge on any atom is 0.0119 e. The van der Waals surface area contributed by atoms with Gasteiger partial charge in [-0.15, -0.1) is 0 Å². The number of hydrogen-bond acceptors (Lipinski definition) is 1. The van der Waals surface area contributed by atoms with Crippen LogP contribution in [0.3, 0.4) is 0 Å². The predicted molar refractivity (Wildman–Crippen MR) is 83.2 cm³/mol. The molecule has 0 radical (unpaired) electrons. The average Bonchev–Trinajstić information content (AvgIpc) is 2.30. The molecule has 2 heteroatoms. The Bertz CT molecular complexity index is 330. The molecule has 0 aliphatic carbocycles. The van der Waals surface area contributed by atoms with E-state index in [4.69, 9.17) is 0 Å². The third-order valence-corrected chi connectivity index (χ3v) is 4.99. The zero-order chi connectivity index (χ0) is 11.8. The van der Waals surface area contributed by atoms with Crippen molar-refractivity contribution < 1.29 is 0 Å². The minimum atomic E-state index is 1.21. The number of halogens is 1. The smallest absolute Gasteiger partial charge is 0.0119 e. The second-order valence-corrected chi connectivity index (χ2v) is 6.21. The molecule has 1 rings (SSSR count). The largest absolute Gasteiger partial charge is 0.0938 e.